The number of aryl methyl sites for hydroxylation is 2. The maximum atomic E-state index is 14.1. The van der Waals surface area contributed by atoms with E-state index in [1.54, 1.807) is 31.0 Å². The first-order chi connectivity index (χ1) is 21.1. The molecular formula is C34H46N4O5S2. The molecule has 0 aliphatic carbocycles. The summed E-state index contributed by atoms with van der Waals surface area (Å²) in [5.41, 5.74) is 3.12. The van der Waals surface area contributed by atoms with Gasteiger partial charge in [0.15, 0.2) is 5.13 Å². The van der Waals surface area contributed by atoms with Gasteiger partial charge in [-0.25, -0.2) is 18.2 Å². The largest absolute Gasteiger partial charge is 0.456 e. The predicted molar refractivity (Wildman–Crippen MR) is 179 cm³/mol. The lowest BCUT2D eigenvalue weighted by atomic mass is 10.0. The third-order valence-corrected chi connectivity index (χ3v) is 10.9. The van der Waals surface area contributed by atoms with Crippen LogP contribution in [0.25, 0.3) is 0 Å². The van der Waals surface area contributed by atoms with Crippen molar-refractivity contribution in [1.82, 2.24) is 14.2 Å². The molecule has 0 saturated carbocycles. The number of piperazine rings is 1. The quantitative estimate of drug-likeness (QED) is 0.247. The number of hydrogen-bond acceptors (Lipinski definition) is 8. The molecule has 3 aromatic rings. The molecule has 45 heavy (non-hydrogen) atoms. The number of rotatable bonds is 10. The summed E-state index contributed by atoms with van der Waals surface area (Å²) < 4.78 is 35.0. The topological polar surface area (TPSA) is 100 Å². The van der Waals surface area contributed by atoms with Crippen molar-refractivity contribution >= 4 is 38.4 Å². The van der Waals surface area contributed by atoms with Crippen LogP contribution in [0, 0.1) is 6.92 Å². The van der Waals surface area contributed by atoms with Gasteiger partial charge in [0, 0.05) is 33.2 Å². The average molecular weight is 655 g/mol. The zero-order valence-electron chi connectivity index (χ0n) is 27.7. The SMILES string of the molecule is CCCc1ccc(S(=O)(=O)N2CCN(c3nc(C)c(C(=O)OC(C)(C)C)s3)CC2C(=O)N(C)Cc2ccc(C(C)C)cc2)cc1. The summed E-state index contributed by atoms with van der Waals surface area (Å²) in [4.78, 5) is 35.7. The van der Waals surface area contributed by atoms with Crippen LogP contribution in [0.4, 0.5) is 5.13 Å². The van der Waals surface area contributed by atoms with Gasteiger partial charge in [-0.2, -0.15) is 4.31 Å². The summed E-state index contributed by atoms with van der Waals surface area (Å²) in [7, 11) is -2.28. The Kier molecular flexibility index (Phi) is 10.8. The molecule has 0 N–H and O–H groups in total. The van der Waals surface area contributed by atoms with Crippen molar-refractivity contribution in [3.05, 3.63) is 75.8 Å². The fraction of sp³-hybridized carbons (Fsp3) is 0.500. The number of ether oxygens (including phenoxy) is 1. The summed E-state index contributed by atoms with van der Waals surface area (Å²) in [5.74, 6) is -0.362. The zero-order chi connectivity index (χ0) is 33.1. The van der Waals surface area contributed by atoms with E-state index in [4.69, 9.17) is 4.74 Å². The normalized spacial score (nSPS) is 16.2. The van der Waals surface area contributed by atoms with Gasteiger partial charge < -0.3 is 14.5 Å². The van der Waals surface area contributed by atoms with Crippen LogP contribution in [0.1, 0.15) is 85.9 Å². The predicted octanol–water partition coefficient (Wildman–Crippen LogP) is 6.02. The summed E-state index contributed by atoms with van der Waals surface area (Å²) in [5, 5.41) is 0.555. The minimum atomic E-state index is -3.98. The number of esters is 1. The van der Waals surface area contributed by atoms with E-state index in [0.29, 0.717) is 34.7 Å². The molecule has 4 rings (SSSR count). The summed E-state index contributed by atoms with van der Waals surface area (Å²) in [6.45, 7) is 14.4. The molecule has 2 heterocycles. The highest BCUT2D eigenvalue weighted by atomic mass is 32.2. The van der Waals surface area contributed by atoms with Crippen LogP contribution >= 0.6 is 11.3 Å². The van der Waals surface area contributed by atoms with Crippen LogP contribution < -0.4 is 4.90 Å². The highest BCUT2D eigenvalue weighted by Gasteiger charge is 2.42. The van der Waals surface area contributed by atoms with E-state index in [9.17, 15) is 18.0 Å². The number of benzene rings is 2. The molecule has 1 aliphatic heterocycles. The van der Waals surface area contributed by atoms with Crippen LogP contribution in [0.15, 0.2) is 53.4 Å². The Balaban J connectivity index is 1.63. The maximum absolute atomic E-state index is 14.1. The van der Waals surface area contributed by atoms with Crippen molar-refractivity contribution in [2.45, 2.75) is 90.3 Å². The average Bonchev–Trinajstić information content (AvgIpc) is 3.38. The van der Waals surface area contributed by atoms with Crippen LogP contribution in [0.2, 0.25) is 0 Å². The lowest BCUT2D eigenvalue weighted by molar-refractivity contribution is -0.134. The molecule has 2 aromatic carbocycles. The second-order valence-electron chi connectivity index (χ2n) is 13.0. The molecule has 1 unspecified atom stereocenters. The molecule has 1 saturated heterocycles. The Morgan fingerprint density at radius 1 is 1.04 bits per heavy atom. The molecule has 1 aromatic heterocycles. The van der Waals surface area contributed by atoms with Crippen molar-refractivity contribution in [2.24, 2.45) is 0 Å². The molecule has 0 bridgehead atoms. The summed E-state index contributed by atoms with van der Waals surface area (Å²) in [6.07, 6.45) is 1.82. The van der Waals surface area contributed by atoms with Gasteiger partial charge in [-0.1, -0.05) is 74.9 Å². The molecule has 0 radical (unpaired) electrons. The number of thiazole rings is 1. The number of hydrogen-bond donors (Lipinski definition) is 0. The lowest BCUT2D eigenvalue weighted by Gasteiger charge is -2.40. The zero-order valence-corrected chi connectivity index (χ0v) is 29.3. The molecule has 1 aliphatic rings. The Hall–Kier alpha value is -3.28. The van der Waals surface area contributed by atoms with E-state index in [1.165, 1.54) is 21.2 Å². The number of nitrogens with zero attached hydrogens (tertiary/aromatic N) is 4. The Labute approximate surface area is 272 Å². The van der Waals surface area contributed by atoms with Gasteiger partial charge >= 0.3 is 5.97 Å². The second-order valence-corrected chi connectivity index (χ2v) is 15.8. The van der Waals surface area contributed by atoms with Gasteiger partial charge in [0.25, 0.3) is 0 Å². The van der Waals surface area contributed by atoms with E-state index in [0.717, 1.165) is 24.0 Å². The van der Waals surface area contributed by atoms with Crippen LogP contribution in [0.3, 0.4) is 0 Å². The molecule has 1 atom stereocenters. The second kappa shape index (κ2) is 14.0. The number of aromatic nitrogens is 1. The smallest absolute Gasteiger partial charge is 0.350 e. The highest BCUT2D eigenvalue weighted by Crippen LogP contribution is 2.32. The molecule has 0 spiro atoms. The van der Waals surface area contributed by atoms with E-state index >= 15 is 0 Å². The number of carbonyl (C=O) groups excluding carboxylic acids is 2. The Morgan fingerprint density at radius 2 is 1.67 bits per heavy atom. The van der Waals surface area contributed by atoms with E-state index in [-0.39, 0.29) is 23.9 Å². The third kappa shape index (κ3) is 8.31. The van der Waals surface area contributed by atoms with E-state index < -0.39 is 27.6 Å². The van der Waals surface area contributed by atoms with Gasteiger partial charge in [0.05, 0.1) is 10.6 Å². The van der Waals surface area contributed by atoms with Gasteiger partial charge in [0.2, 0.25) is 15.9 Å². The number of amides is 1. The minimum absolute atomic E-state index is 0.0901. The van der Waals surface area contributed by atoms with Gasteiger partial charge in [0.1, 0.15) is 16.5 Å². The molecule has 1 amide bonds. The molecule has 244 valence electrons. The number of sulfonamides is 1. The van der Waals surface area contributed by atoms with Crippen LogP contribution in [-0.4, -0.2) is 72.8 Å². The third-order valence-electron chi connectivity index (χ3n) is 7.77. The lowest BCUT2D eigenvalue weighted by Crippen LogP contribution is -2.60. The van der Waals surface area contributed by atoms with Crippen molar-refractivity contribution in [2.75, 3.05) is 31.6 Å². The molecular weight excluding hydrogens is 609 g/mol. The number of anilines is 1. The minimum Gasteiger partial charge on any atom is -0.456 e. The monoisotopic (exact) mass is 654 g/mol. The maximum Gasteiger partial charge on any atom is 0.350 e. The van der Waals surface area contributed by atoms with E-state index in [2.05, 4.69) is 37.9 Å². The highest BCUT2D eigenvalue weighted by molar-refractivity contribution is 7.89. The van der Waals surface area contributed by atoms with Crippen molar-refractivity contribution in [3.63, 3.8) is 0 Å². The van der Waals surface area contributed by atoms with E-state index in [1.807, 2.05) is 49.9 Å². The van der Waals surface area contributed by atoms with Gasteiger partial charge in [-0.05, 0) is 68.9 Å². The van der Waals surface area contributed by atoms with Gasteiger partial charge in [-0.15, -0.1) is 0 Å². The van der Waals surface area contributed by atoms with Crippen LogP contribution in [-0.2, 0) is 32.5 Å². The summed E-state index contributed by atoms with van der Waals surface area (Å²) in [6, 6.07) is 14.1. The summed E-state index contributed by atoms with van der Waals surface area (Å²) >= 11 is 1.20. The molecule has 9 nitrogen and oxygen atoms in total. The number of carbonyl (C=O) groups is 2. The fourth-order valence-electron chi connectivity index (χ4n) is 5.33. The Bertz CT molecular complexity index is 1590. The van der Waals surface area contributed by atoms with Crippen LogP contribution in [0.5, 0.6) is 0 Å². The number of likely N-dealkylation sites (N-methyl/N-ethyl adjacent to an activating group) is 1. The van der Waals surface area contributed by atoms with Crippen molar-refractivity contribution in [3.8, 4) is 0 Å². The standard InChI is InChI=1S/C34H46N4O5S2/c1-9-10-25-13-17-28(18-14-25)45(41,42)38-20-19-37(33-35-24(4)30(44-33)32(40)43-34(5,6)7)22-29(38)31(39)36(8)21-26-11-15-27(16-12-26)23(2)3/h11-18,23,29H,9-10,19-22H2,1-8H3. The first-order valence-corrected chi connectivity index (χ1v) is 17.8. The van der Waals surface area contributed by atoms with Crippen molar-refractivity contribution < 1.29 is 22.7 Å². The fourth-order valence-corrected chi connectivity index (χ4v) is 7.87. The molecule has 1 fully saturated rings. The molecule has 11 heteroatoms. The first-order valence-electron chi connectivity index (χ1n) is 15.5. The van der Waals surface area contributed by atoms with Gasteiger partial charge in [-0.3, -0.25) is 4.79 Å². The Morgan fingerprint density at radius 3 is 2.24 bits per heavy atom. The first kappa shape index (κ1) is 34.6. The van der Waals surface area contributed by atoms with Crippen molar-refractivity contribution in [1.29, 1.82) is 0 Å².